The van der Waals surface area contributed by atoms with Gasteiger partial charge in [-0.15, -0.1) is 0 Å². The van der Waals surface area contributed by atoms with Crippen molar-refractivity contribution in [1.29, 1.82) is 0 Å². The fourth-order valence-electron chi connectivity index (χ4n) is 4.90. The van der Waals surface area contributed by atoms with Crippen molar-refractivity contribution in [3.63, 3.8) is 0 Å². The maximum Gasteiger partial charge on any atom is 0.282 e. The predicted octanol–water partition coefficient (Wildman–Crippen LogP) is 8.73. The molecule has 4 aromatic carbocycles. The summed E-state index contributed by atoms with van der Waals surface area (Å²) >= 11 is 5.71. The lowest BCUT2D eigenvalue weighted by molar-refractivity contribution is 0.267. The van der Waals surface area contributed by atoms with Crippen molar-refractivity contribution < 1.29 is 14.2 Å². The van der Waals surface area contributed by atoms with Crippen LogP contribution in [0.4, 0.5) is 0 Å². The first kappa shape index (κ1) is 31.7. The van der Waals surface area contributed by atoms with Crippen molar-refractivity contribution in [2.45, 2.75) is 40.2 Å². The summed E-state index contributed by atoms with van der Waals surface area (Å²) in [4.78, 5) is 18.8. The molecule has 0 aliphatic heterocycles. The third-order valence-electron chi connectivity index (χ3n) is 7.14. The number of ether oxygens (including phenoxy) is 3. The first-order valence-electron chi connectivity index (χ1n) is 14.3. The van der Waals surface area contributed by atoms with Crippen molar-refractivity contribution in [2.24, 2.45) is 5.10 Å². The summed E-state index contributed by atoms with van der Waals surface area (Å²) in [6.45, 7) is 9.01. The smallest absolute Gasteiger partial charge is 0.282 e. The molecular weight excluding hydrogens is 733 g/mol. The van der Waals surface area contributed by atoms with Crippen LogP contribution in [0.15, 0.2) is 87.2 Å². The van der Waals surface area contributed by atoms with Crippen LogP contribution in [0.25, 0.3) is 22.3 Å². The molecule has 0 atom stereocenters. The molecule has 0 N–H and O–H groups in total. The van der Waals surface area contributed by atoms with Crippen LogP contribution in [0, 0.1) is 10.5 Å². The van der Waals surface area contributed by atoms with Gasteiger partial charge in [0, 0.05) is 10.0 Å². The van der Waals surface area contributed by atoms with Gasteiger partial charge in [0.1, 0.15) is 12.4 Å². The zero-order valence-corrected chi connectivity index (χ0v) is 29.0. The molecule has 0 saturated carbocycles. The van der Waals surface area contributed by atoms with E-state index < -0.39 is 0 Å². The van der Waals surface area contributed by atoms with Crippen LogP contribution in [0.5, 0.6) is 17.2 Å². The van der Waals surface area contributed by atoms with Gasteiger partial charge in [0.2, 0.25) is 0 Å². The Bertz CT molecular complexity index is 1900. The number of hydrogen-bond acceptors (Lipinski definition) is 6. The molecule has 0 aliphatic carbocycles. The van der Waals surface area contributed by atoms with E-state index in [-0.39, 0.29) is 11.5 Å². The number of halogens is 2. The molecule has 5 rings (SSSR count). The molecule has 0 aliphatic rings. The minimum atomic E-state index is -0.252. The third-order valence-corrected chi connectivity index (χ3v) is 8.47. The van der Waals surface area contributed by atoms with Gasteiger partial charge in [0.25, 0.3) is 5.56 Å². The van der Waals surface area contributed by atoms with Crippen molar-refractivity contribution in [3.8, 4) is 28.6 Å². The Morgan fingerprint density at radius 3 is 2.48 bits per heavy atom. The van der Waals surface area contributed by atoms with E-state index in [1.54, 1.807) is 19.4 Å². The van der Waals surface area contributed by atoms with Crippen molar-refractivity contribution in [3.05, 3.63) is 113 Å². The zero-order valence-electron chi connectivity index (χ0n) is 25.2. The monoisotopic (exact) mass is 765 g/mol. The summed E-state index contributed by atoms with van der Waals surface area (Å²) in [5.74, 6) is 2.74. The molecule has 7 nitrogen and oxygen atoms in total. The second-order valence-electron chi connectivity index (χ2n) is 10.6. The SMILES string of the molecule is CCOc1cc(C=Nn2c(-c3cc(C(C)C)c(OC)cc3C)nc3ccccc3c2=O)cc(I)c1OCc1ccc(Br)cc1. The highest BCUT2D eigenvalue weighted by molar-refractivity contribution is 14.1. The van der Waals surface area contributed by atoms with Crippen molar-refractivity contribution in [2.75, 3.05) is 13.7 Å². The standard InChI is InChI=1S/C35H33BrIN3O4/c1-6-43-32-17-24(16-29(37)33(32)44-20-23-11-13-25(36)14-12-23)19-38-40-34(39-30-10-8-7-9-26(30)35(40)41)28-18-27(21(2)3)31(42-5)15-22(28)4/h7-19,21H,6,20H2,1-5H3. The van der Waals surface area contributed by atoms with Gasteiger partial charge in [-0.2, -0.15) is 9.78 Å². The second-order valence-corrected chi connectivity index (χ2v) is 12.6. The van der Waals surface area contributed by atoms with Gasteiger partial charge in [-0.05, 0) is 113 Å². The van der Waals surface area contributed by atoms with E-state index in [1.165, 1.54) is 4.68 Å². The summed E-state index contributed by atoms with van der Waals surface area (Å²) in [6, 6.07) is 23.2. The highest BCUT2D eigenvalue weighted by Gasteiger charge is 2.19. The van der Waals surface area contributed by atoms with E-state index in [1.807, 2.05) is 74.5 Å². The molecule has 5 aromatic rings. The number of aryl methyl sites for hydroxylation is 1. The Balaban J connectivity index is 1.59. The number of benzene rings is 4. The average molecular weight is 766 g/mol. The minimum absolute atomic E-state index is 0.206. The quantitative estimate of drug-likeness (QED) is 0.105. The second kappa shape index (κ2) is 13.9. The van der Waals surface area contributed by atoms with Crippen LogP contribution in [0.1, 0.15) is 48.9 Å². The number of fused-ring (bicyclic) bond motifs is 1. The number of methoxy groups -OCH3 is 1. The minimum Gasteiger partial charge on any atom is -0.496 e. The van der Waals surface area contributed by atoms with E-state index >= 15 is 0 Å². The van der Waals surface area contributed by atoms with Gasteiger partial charge in [-0.3, -0.25) is 4.79 Å². The van der Waals surface area contributed by atoms with Crippen LogP contribution < -0.4 is 19.8 Å². The normalized spacial score (nSPS) is 11.5. The first-order chi connectivity index (χ1) is 21.2. The molecule has 0 spiro atoms. The Morgan fingerprint density at radius 1 is 1.02 bits per heavy atom. The summed E-state index contributed by atoms with van der Waals surface area (Å²) in [6.07, 6.45) is 1.66. The molecule has 0 amide bonds. The number of para-hydroxylation sites is 1. The lowest BCUT2D eigenvalue weighted by Gasteiger charge is -2.17. The van der Waals surface area contributed by atoms with Crippen LogP contribution >= 0.6 is 38.5 Å². The molecule has 9 heteroatoms. The largest absolute Gasteiger partial charge is 0.496 e. The molecule has 0 unspecified atom stereocenters. The molecule has 0 radical (unpaired) electrons. The molecule has 0 bridgehead atoms. The van der Waals surface area contributed by atoms with E-state index in [2.05, 4.69) is 58.4 Å². The summed E-state index contributed by atoms with van der Waals surface area (Å²) in [7, 11) is 1.67. The first-order valence-corrected chi connectivity index (χ1v) is 16.2. The highest BCUT2D eigenvalue weighted by atomic mass is 127. The van der Waals surface area contributed by atoms with E-state index in [0.717, 1.165) is 41.6 Å². The highest BCUT2D eigenvalue weighted by Crippen LogP contribution is 2.36. The van der Waals surface area contributed by atoms with Crippen molar-refractivity contribution in [1.82, 2.24) is 9.66 Å². The van der Waals surface area contributed by atoms with Gasteiger partial charge in [0.05, 0.1) is 34.4 Å². The predicted molar refractivity (Wildman–Crippen MR) is 189 cm³/mol. The van der Waals surface area contributed by atoms with Gasteiger partial charge >= 0.3 is 0 Å². The number of aromatic nitrogens is 2. The van der Waals surface area contributed by atoms with E-state index in [0.29, 0.717) is 41.4 Å². The average Bonchev–Trinajstić information content (AvgIpc) is 3.01. The lowest BCUT2D eigenvalue weighted by Crippen LogP contribution is -2.21. The zero-order chi connectivity index (χ0) is 31.4. The van der Waals surface area contributed by atoms with Crippen LogP contribution in [0.3, 0.4) is 0 Å². The number of rotatable bonds is 10. The van der Waals surface area contributed by atoms with Crippen molar-refractivity contribution >= 4 is 55.6 Å². The van der Waals surface area contributed by atoms with Crippen LogP contribution in [0.2, 0.25) is 0 Å². The molecular formula is C35H33BrIN3O4. The van der Waals surface area contributed by atoms with Gasteiger partial charge in [-0.25, -0.2) is 4.98 Å². The van der Waals surface area contributed by atoms with Crippen LogP contribution in [-0.2, 0) is 6.61 Å². The molecule has 1 aromatic heterocycles. The Hall–Kier alpha value is -3.70. The topological polar surface area (TPSA) is 74.9 Å². The molecule has 44 heavy (non-hydrogen) atoms. The maximum absolute atomic E-state index is 13.9. The number of hydrogen-bond donors (Lipinski definition) is 0. The van der Waals surface area contributed by atoms with E-state index in [4.69, 9.17) is 24.3 Å². The Labute approximate surface area is 279 Å². The fourth-order valence-corrected chi connectivity index (χ4v) is 5.94. The number of nitrogens with zero attached hydrogens (tertiary/aromatic N) is 3. The Morgan fingerprint density at radius 2 is 1.77 bits per heavy atom. The van der Waals surface area contributed by atoms with Gasteiger partial charge < -0.3 is 14.2 Å². The lowest BCUT2D eigenvalue weighted by atomic mass is 9.96. The third kappa shape index (κ3) is 6.83. The van der Waals surface area contributed by atoms with Gasteiger partial charge in [0.15, 0.2) is 17.3 Å². The van der Waals surface area contributed by atoms with Crippen LogP contribution in [-0.4, -0.2) is 29.6 Å². The summed E-state index contributed by atoms with van der Waals surface area (Å²) < 4.78 is 21.1. The fraction of sp³-hybridized carbons (Fsp3) is 0.229. The molecule has 1 heterocycles. The molecule has 0 fully saturated rings. The Kier molecular flexibility index (Phi) is 10.1. The molecule has 0 saturated heterocycles. The summed E-state index contributed by atoms with van der Waals surface area (Å²) in [5.41, 5.74) is 4.93. The van der Waals surface area contributed by atoms with E-state index in [9.17, 15) is 4.79 Å². The summed E-state index contributed by atoms with van der Waals surface area (Å²) in [5, 5.41) is 5.21. The van der Waals surface area contributed by atoms with Gasteiger partial charge in [-0.1, -0.05) is 54.0 Å². The maximum atomic E-state index is 13.9. The molecule has 226 valence electrons.